The van der Waals surface area contributed by atoms with Gasteiger partial charge in [-0.15, -0.1) is 0 Å². The van der Waals surface area contributed by atoms with Gasteiger partial charge in [0.15, 0.2) is 5.60 Å². The van der Waals surface area contributed by atoms with Crippen LogP contribution in [0.4, 0.5) is 0 Å². The molecule has 1 amide bonds. The molecule has 5 rings (SSSR count). The first-order valence-electron chi connectivity index (χ1n) is 8.51. The number of piperidine rings is 1. The van der Waals surface area contributed by atoms with Crippen molar-refractivity contribution in [3.05, 3.63) is 59.2 Å². The van der Waals surface area contributed by atoms with E-state index in [2.05, 4.69) is 8.75 Å². The van der Waals surface area contributed by atoms with E-state index in [1.54, 1.807) is 23.1 Å². The van der Waals surface area contributed by atoms with Crippen LogP contribution in [-0.2, 0) is 10.3 Å². The van der Waals surface area contributed by atoms with Crippen molar-refractivity contribution >= 4 is 34.6 Å². The number of aromatic nitrogens is 2. The predicted molar refractivity (Wildman–Crippen MR) is 96.1 cm³/mol. The lowest BCUT2D eigenvalue weighted by Crippen LogP contribution is -2.48. The average molecular weight is 365 g/mol. The van der Waals surface area contributed by atoms with Crippen LogP contribution in [0, 0.1) is 0 Å². The highest BCUT2D eigenvalue weighted by Crippen LogP contribution is 2.43. The summed E-state index contributed by atoms with van der Waals surface area (Å²) in [7, 11) is 0. The van der Waals surface area contributed by atoms with Crippen molar-refractivity contribution in [2.24, 2.45) is 0 Å². The quantitative estimate of drug-likeness (QED) is 0.620. The van der Waals surface area contributed by atoms with E-state index in [-0.39, 0.29) is 11.9 Å². The van der Waals surface area contributed by atoms with Crippen molar-refractivity contribution in [3.8, 4) is 0 Å². The van der Waals surface area contributed by atoms with Gasteiger partial charge in [-0.2, -0.15) is 8.75 Å². The third kappa shape index (κ3) is 2.24. The molecule has 2 aliphatic rings. The Labute approximate surface area is 153 Å². The minimum Gasteiger partial charge on any atom is -0.449 e. The van der Waals surface area contributed by atoms with Crippen LogP contribution >= 0.6 is 11.7 Å². The van der Waals surface area contributed by atoms with E-state index in [0.717, 1.165) is 41.2 Å². The van der Waals surface area contributed by atoms with Crippen LogP contribution in [0.1, 0.15) is 39.1 Å². The fourth-order valence-electron chi connectivity index (χ4n) is 3.94. The number of likely N-dealkylation sites (tertiary alicyclic amines) is 1. The van der Waals surface area contributed by atoms with Gasteiger partial charge in [-0.3, -0.25) is 4.79 Å². The Hall–Kier alpha value is -2.80. The Morgan fingerprint density at radius 1 is 1.15 bits per heavy atom. The number of esters is 1. The van der Waals surface area contributed by atoms with Gasteiger partial charge in [0.2, 0.25) is 0 Å². The van der Waals surface area contributed by atoms with Crippen LogP contribution in [0.3, 0.4) is 0 Å². The molecule has 26 heavy (non-hydrogen) atoms. The molecule has 7 heteroatoms. The fourth-order valence-corrected chi connectivity index (χ4v) is 4.46. The molecule has 6 nitrogen and oxygen atoms in total. The van der Waals surface area contributed by atoms with Gasteiger partial charge in [-0.05, 0) is 37.1 Å². The lowest BCUT2D eigenvalue weighted by atomic mass is 9.85. The summed E-state index contributed by atoms with van der Waals surface area (Å²) in [6.45, 7) is 1.02. The molecule has 0 N–H and O–H groups in total. The summed E-state index contributed by atoms with van der Waals surface area (Å²) < 4.78 is 14.2. The number of rotatable bonds is 1. The van der Waals surface area contributed by atoms with E-state index < -0.39 is 5.60 Å². The third-order valence-electron chi connectivity index (χ3n) is 5.17. The summed E-state index contributed by atoms with van der Waals surface area (Å²) in [5, 5.41) is 0. The number of carbonyl (C=O) groups excluding carboxylic acids is 2. The summed E-state index contributed by atoms with van der Waals surface area (Å²) in [5.74, 6) is -0.371. The number of nitrogens with zero attached hydrogens (tertiary/aromatic N) is 3. The highest BCUT2D eigenvalue weighted by Gasteiger charge is 2.48. The molecule has 0 saturated carbocycles. The molecule has 2 aromatic carbocycles. The summed E-state index contributed by atoms with van der Waals surface area (Å²) in [6, 6.07) is 12.8. The van der Waals surface area contributed by atoms with Gasteiger partial charge in [0, 0.05) is 17.7 Å². The lowest BCUT2D eigenvalue weighted by molar-refractivity contribution is -0.0442. The first-order chi connectivity index (χ1) is 12.7. The molecule has 1 spiro atoms. The molecule has 1 saturated heterocycles. The molecule has 130 valence electrons. The van der Waals surface area contributed by atoms with E-state index in [9.17, 15) is 9.59 Å². The van der Waals surface area contributed by atoms with E-state index in [1.165, 1.54) is 0 Å². The minimum atomic E-state index is -0.728. The Bertz CT molecular complexity index is 1050. The molecular weight excluding hydrogens is 350 g/mol. The Morgan fingerprint density at radius 3 is 2.92 bits per heavy atom. The van der Waals surface area contributed by atoms with Gasteiger partial charge >= 0.3 is 5.97 Å². The third-order valence-corrected chi connectivity index (χ3v) is 5.73. The van der Waals surface area contributed by atoms with Gasteiger partial charge in [0.1, 0.15) is 11.0 Å². The SMILES string of the molecule is O=C1OC2(CCCN(C(=O)c3ccc4nsnc4c3)C2)c2ccccc21. The number of amides is 1. The van der Waals surface area contributed by atoms with Crippen molar-refractivity contribution in [1.82, 2.24) is 13.6 Å². The maximum Gasteiger partial charge on any atom is 0.339 e. The zero-order valence-corrected chi connectivity index (χ0v) is 14.7. The van der Waals surface area contributed by atoms with Crippen LogP contribution < -0.4 is 0 Å². The monoisotopic (exact) mass is 365 g/mol. The fraction of sp³-hybridized carbons (Fsp3) is 0.263. The van der Waals surface area contributed by atoms with E-state index in [4.69, 9.17) is 4.74 Å². The van der Waals surface area contributed by atoms with Crippen LogP contribution in [0.2, 0.25) is 0 Å². The van der Waals surface area contributed by atoms with Crippen LogP contribution in [0.15, 0.2) is 42.5 Å². The van der Waals surface area contributed by atoms with Gasteiger partial charge < -0.3 is 9.64 Å². The highest BCUT2D eigenvalue weighted by atomic mass is 32.1. The second kappa shape index (κ2) is 5.60. The summed E-state index contributed by atoms with van der Waals surface area (Å²) in [6.07, 6.45) is 1.52. The Balaban J connectivity index is 1.48. The zero-order valence-electron chi connectivity index (χ0n) is 13.8. The van der Waals surface area contributed by atoms with Crippen LogP contribution in [-0.4, -0.2) is 38.6 Å². The molecule has 3 aromatic rings. The van der Waals surface area contributed by atoms with Crippen molar-refractivity contribution < 1.29 is 14.3 Å². The van der Waals surface area contributed by atoms with Crippen molar-refractivity contribution in [2.75, 3.05) is 13.1 Å². The maximum absolute atomic E-state index is 13.0. The van der Waals surface area contributed by atoms with Gasteiger partial charge in [-0.25, -0.2) is 4.79 Å². The molecule has 2 aliphatic heterocycles. The molecule has 0 aliphatic carbocycles. The number of benzene rings is 2. The average Bonchev–Trinajstić information content (AvgIpc) is 3.24. The maximum atomic E-state index is 13.0. The largest absolute Gasteiger partial charge is 0.449 e. The smallest absolute Gasteiger partial charge is 0.339 e. The number of carbonyl (C=O) groups is 2. The Morgan fingerprint density at radius 2 is 2.00 bits per heavy atom. The van der Waals surface area contributed by atoms with Crippen molar-refractivity contribution in [2.45, 2.75) is 18.4 Å². The summed E-state index contributed by atoms with van der Waals surface area (Å²) in [5.41, 5.74) is 2.87. The normalized spacial score (nSPS) is 21.8. The number of hydrogen-bond donors (Lipinski definition) is 0. The van der Waals surface area contributed by atoms with Gasteiger partial charge in [-0.1, -0.05) is 18.2 Å². The first-order valence-corrected chi connectivity index (χ1v) is 9.24. The topological polar surface area (TPSA) is 72.4 Å². The minimum absolute atomic E-state index is 0.0700. The van der Waals surface area contributed by atoms with Crippen LogP contribution in [0.25, 0.3) is 11.0 Å². The molecule has 1 unspecified atom stereocenters. The summed E-state index contributed by atoms with van der Waals surface area (Å²) in [4.78, 5) is 27.1. The predicted octanol–water partition coefficient (Wildman–Crippen LogP) is 2.99. The molecule has 1 atom stereocenters. The van der Waals surface area contributed by atoms with E-state index in [1.807, 2.05) is 24.3 Å². The molecule has 3 heterocycles. The van der Waals surface area contributed by atoms with E-state index in [0.29, 0.717) is 24.2 Å². The standard InChI is InChI=1S/C19H15N3O3S/c23-17(12-6-7-15-16(10-12)21-26-20-15)22-9-3-8-19(11-22)14-5-2-1-4-13(14)18(24)25-19/h1-2,4-7,10H,3,8-9,11H2. The van der Waals surface area contributed by atoms with Gasteiger partial charge in [0.05, 0.1) is 23.8 Å². The highest BCUT2D eigenvalue weighted by molar-refractivity contribution is 7.00. The molecule has 0 bridgehead atoms. The summed E-state index contributed by atoms with van der Waals surface area (Å²) >= 11 is 1.13. The first kappa shape index (κ1) is 15.5. The van der Waals surface area contributed by atoms with Crippen molar-refractivity contribution in [1.29, 1.82) is 0 Å². The zero-order chi connectivity index (χ0) is 17.7. The van der Waals surface area contributed by atoms with Gasteiger partial charge in [0.25, 0.3) is 5.91 Å². The Kier molecular flexibility index (Phi) is 3.33. The molecular formula is C19H15N3O3S. The number of fused-ring (bicyclic) bond motifs is 3. The molecule has 0 radical (unpaired) electrons. The van der Waals surface area contributed by atoms with Crippen molar-refractivity contribution in [3.63, 3.8) is 0 Å². The second-order valence-corrected chi connectivity index (χ2v) is 7.26. The molecule has 1 aromatic heterocycles. The van der Waals surface area contributed by atoms with Crippen LogP contribution in [0.5, 0.6) is 0 Å². The molecule has 1 fully saturated rings. The number of hydrogen-bond acceptors (Lipinski definition) is 6. The second-order valence-electron chi connectivity index (χ2n) is 6.73. The lowest BCUT2D eigenvalue weighted by Gasteiger charge is -2.39. The van der Waals surface area contributed by atoms with E-state index >= 15 is 0 Å². The number of ether oxygens (including phenoxy) is 1.